The molecule has 0 radical (unpaired) electrons. The molecular weight excluding hydrogens is 274 g/mol. The summed E-state index contributed by atoms with van der Waals surface area (Å²) in [4.78, 5) is 4.53. The molecule has 21 heavy (non-hydrogen) atoms. The van der Waals surface area contributed by atoms with Crippen molar-refractivity contribution in [1.82, 2.24) is 9.80 Å². The maximum Gasteiger partial charge on any atom is 0.190 e. The average molecular weight is 298 g/mol. The van der Waals surface area contributed by atoms with Crippen LogP contribution in [0.2, 0.25) is 0 Å². The van der Waals surface area contributed by atoms with Crippen LogP contribution < -0.4 is 4.74 Å². The van der Waals surface area contributed by atoms with E-state index < -0.39 is 11.6 Å². The fourth-order valence-electron chi connectivity index (χ4n) is 2.97. The maximum atomic E-state index is 13.7. The molecule has 0 aliphatic carbocycles. The number of methoxy groups -OCH3 is 1. The van der Waals surface area contributed by atoms with E-state index >= 15 is 0 Å². The molecule has 0 amide bonds. The van der Waals surface area contributed by atoms with Gasteiger partial charge in [0.2, 0.25) is 0 Å². The van der Waals surface area contributed by atoms with Crippen LogP contribution in [0.3, 0.4) is 0 Å². The van der Waals surface area contributed by atoms with Crippen molar-refractivity contribution in [3.05, 3.63) is 29.3 Å². The smallest absolute Gasteiger partial charge is 0.190 e. The summed E-state index contributed by atoms with van der Waals surface area (Å²) in [6, 6.07) is 3.34. The Balaban J connectivity index is 2.02. The predicted octanol–water partition coefficient (Wildman–Crippen LogP) is 2.89. The molecular formula is C16H24F2N2O. The molecule has 0 aromatic heterocycles. The summed E-state index contributed by atoms with van der Waals surface area (Å²) >= 11 is 0. The SMILES string of the molecule is COc1c(F)cc(CN2CCC[C@H](N(C)C)CC2)cc1F. The highest BCUT2D eigenvalue weighted by atomic mass is 19.1. The van der Waals surface area contributed by atoms with Gasteiger partial charge in [-0.25, -0.2) is 8.78 Å². The third kappa shape index (κ3) is 4.14. The first-order valence-electron chi connectivity index (χ1n) is 7.42. The lowest BCUT2D eigenvalue weighted by atomic mass is 10.1. The van der Waals surface area contributed by atoms with Gasteiger partial charge < -0.3 is 9.64 Å². The van der Waals surface area contributed by atoms with Crippen molar-refractivity contribution in [2.45, 2.75) is 31.8 Å². The van der Waals surface area contributed by atoms with E-state index in [0.717, 1.165) is 25.9 Å². The highest BCUT2D eigenvalue weighted by Gasteiger charge is 2.19. The molecule has 3 nitrogen and oxygen atoms in total. The Morgan fingerprint density at radius 3 is 2.43 bits per heavy atom. The number of benzene rings is 1. The van der Waals surface area contributed by atoms with Crippen LogP contribution in [0.25, 0.3) is 0 Å². The zero-order valence-electron chi connectivity index (χ0n) is 13.0. The first-order chi connectivity index (χ1) is 10.0. The summed E-state index contributed by atoms with van der Waals surface area (Å²) in [5.74, 6) is -1.57. The minimum Gasteiger partial charge on any atom is -0.491 e. The molecule has 1 saturated heterocycles. The Morgan fingerprint density at radius 2 is 1.86 bits per heavy atom. The number of hydrogen-bond acceptors (Lipinski definition) is 3. The van der Waals surface area contributed by atoms with E-state index in [-0.39, 0.29) is 5.75 Å². The van der Waals surface area contributed by atoms with Crippen LogP contribution in [0.1, 0.15) is 24.8 Å². The van der Waals surface area contributed by atoms with E-state index in [9.17, 15) is 8.78 Å². The zero-order chi connectivity index (χ0) is 15.4. The van der Waals surface area contributed by atoms with Gasteiger partial charge in [0, 0.05) is 12.6 Å². The molecule has 1 aromatic rings. The molecule has 0 spiro atoms. The molecule has 1 heterocycles. The van der Waals surface area contributed by atoms with Crippen LogP contribution in [0.4, 0.5) is 8.78 Å². The lowest BCUT2D eigenvalue weighted by Crippen LogP contribution is -2.30. The first kappa shape index (κ1) is 16.2. The quantitative estimate of drug-likeness (QED) is 0.850. The van der Waals surface area contributed by atoms with E-state index in [1.807, 2.05) is 0 Å². The first-order valence-corrected chi connectivity index (χ1v) is 7.42. The van der Waals surface area contributed by atoms with Crippen molar-refractivity contribution in [2.75, 3.05) is 34.3 Å². The maximum absolute atomic E-state index is 13.7. The number of likely N-dealkylation sites (tertiary alicyclic amines) is 1. The van der Waals surface area contributed by atoms with Crippen molar-refractivity contribution in [3.63, 3.8) is 0 Å². The second kappa shape index (κ2) is 7.18. The molecule has 0 bridgehead atoms. The van der Waals surface area contributed by atoms with E-state index in [1.54, 1.807) is 0 Å². The number of ether oxygens (including phenoxy) is 1. The molecule has 5 heteroatoms. The van der Waals surface area contributed by atoms with Gasteiger partial charge in [-0.1, -0.05) is 0 Å². The van der Waals surface area contributed by atoms with E-state index in [1.165, 1.54) is 25.7 Å². The normalized spacial score (nSPS) is 20.6. The highest BCUT2D eigenvalue weighted by Crippen LogP contribution is 2.24. The molecule has 1 aliphatic heterocycles. The monoisotopic (exact) mass is 298 g/mol. The van der Waals surface area contributed by atoms with E-state index in [2.05, 4.69) is 23.9 Å². The van der Waals surface area contributed by atoms with E-state index in [0.29, 0.717) is 18.2 Å². The number of hydrogen-bond donors (Lipinski definition) is 0. The third-order valence-electron chi connectivity index (χ3n) is 4.19. The van der Waals surface area contributed by atoms with E-state index in [4.69, 9.17) is 4.74 Å². The van der Waals surface area contributed by atoms with Crippen LogP contribution >= 0.6 is 0 Å². The third-order valence-corrected chi connectivity index (χ3v) is 4.19. The van der Waals surface area contributed by atoms with Gasteiger partial charge in [0.15, 0.2) is 17.4 Å². The van der Waals surface area contributed by atoms with Gasteiger partial charge in [-0.3, -0.25) is 4.90 Å². The minimum atomic E-state index is -0.631. The molecule has 1 atom stereocenters. The minimum absolute atomic E-state index is 0.303. The molecule has 2 rings (SSSR count). The van der Waals surface area contributed by atoms with Crippen LogP contribution in [0, 0.1) is 11.6 Å². The zero-order valence-corrected chi connectivity index (χ0v) is 13.0. The second-order valence-corrected chi connectivity index (χ2v) is 5.92. The van der Waals surface area contributed by atoms with Gasteiger partial charge in [-0.15, -0.1) is 0 Å². The van der Waals surface area contributed by atoms with Gasteiger partial charge in [0.1, 0.15) is 0 Å². The molecule has 0 saturated carbocycles. The Morgan fingerprint density at radius 1 is 1.19 bits per heavy atom. The van der Waals surface area contributed by atoms with Gasteiger partial charge in [0.25, 0.3) is 0 Å². The van der Waals surface area contributed by atoms with Crippen LogP contribution in [-0.4, -0.2) is 50.1 Å². The molecule has 1 aromatic carbocycles. The van der Waals surface area contributed by atoms with Crippen molar-refractivity contribution in [3.8, 4) is 5.75 Å². The standard InChI is InChI=1S/C16H24F2N2O/c1-19(2)13-5-4-7-20(8-6-13)11-12-9-14(17)16(21-3)15(18)10-12/h9-10,13H,4-8,11H2,1-3H3/t13-/m0/s1. The van der Waals surface area contributed by atoms with Crippen LogP contribution in [0.5, 0.6) is 5.75 Å². The van der Waals surface area contributed by atoms with Gasteiger partial charge in [-0.2, -0.15) is 0 Å². The molecule has 1 fully saturated rings. The summed E-state index contributed by atoms with van der Waals surface area (Å²) in [5, 5.41) is 0. The molecule has 118 valence electrons. The summed E-state index contributed by atoms with van der Waals surface area (Å²) in [5.41, 5.74) is 0.661. The summed E-state index contributed by atoms with van der Waals surface area (Å²) in [6.07, 6.45) is 3.38. The Labute approximate surface area is 125 Å². The van der Waals surface area contributed by atoms with Crippen LogP contribution in [-0.2, 0) is 6.54 Å². The number of nitrogens with zero attached hydrogens (tertiary/aromatic N) is 2. The second-order valence-electron chi connectivity index (χ2n) is 5.92. The van der Waals surface area contributed by atoms with Gasteiger partial charge in [-0.05, 0) is 64.1 Å². The van der Waals surface area contributed by atoms with Gasteiger partial charge >= 0.3 is 0 Å². The summed E-state index contributed by atoms with van der Waals surface area (Å²) in [6.45, 7) is 2.51. The molecule has 0 unspecified atom stereocenters. The molecule has 1 aliphatic rings. The van der Waals surface area contributed by atoms with Crippen molar-refractivity contribution in [1.29, 1.82) is 0 Å². The summed E-state index contributed by atoms with van der Waals surface area (Å²) in [7, 11) is 5.49. The number of rotatable bonds is 4. The van der Waals surface area contributed by atoms with Crippen molar-refractivity contribution < 1.29 is 13.5 Å². The Bertz CT molecular complexity index is 456. The Hall–Kier alpha value is -1.20. The van der Waals surface area contributed by atoms with Crippen molar-refractivity contribution in [2.24, 2.45) is 0 Å². The fourth-order valence-corrected chi connectivity index (χ4v) is 2.97. The predicted molar refractivity (Wildman–Crippen MR) is 79.5 cm³/mol. The fraction of sp³-hybridized carbons (Fsp3) is 0.625. The number of halogens is 2. The summed E-state index contributed by atoms with van der Waals surface area (Å²) < 4.78 is 32.2. The van der Waals surface area contributed by atoms with Crippen LogP contribution in [0.15, 0.2) is 12.1 Å². The van der Waals surface area contributed by atoms with Gasteiger partial charge in [0.05, 0.1) is 7.11 Å². The topological polar surface area (TPSA) is 15.7 Å². The lowest BCUT2D eigenvalue weighted by molar-refractivity contribution is 0.245. The highest BCUT2D eigenvalue weighted by molar-refractivity contribution is 5.31. The lowest BCUT2D eigenvalue weighted by Gasteiger charge is -2.23. The Kier molecular flexibility index (Phi) is 5.53. The van der Waals surface area contributed by atoms with Crippen molar-refractivity contribution >= 4 is 0 Å². The average Bonchev–Trinajstić information content (AvgIpc) is 2.64. The largest absolute Gasteiger partial charge is 0.491 e. The molecule has 0 N–H and O–H groups in total.